The van der Waals surface area contributed by atoms with Gasteiger partial charge in [-0.25, -0.2) is 0 Å². The van der Waals surface area contributed by atoms with Gasteiger partial charge < -0.3 is 5.11 Å². The quantitative estimate of drug-likeness (QED) is 0.436. The zero-order chi connectivity index (χ0) is 21.7. The third kappa shape index (κ3) is 3.74. The van der Waals surface area contributed by atoms with Crippen molar-refractivity contribution in [2.24, 2.45) is 52.3 Å². The Morgan fingerprint density at radius 1 is 1.00 bits per heavy atom. The lowest BCUT2D eigenvalue weighted by molar-refractivity contribution is -0.0575. The largest absolute Gasteiger partial charge is 0.393 e. The molecule has 3 fully saturated rings. The molecule has 1 nitrogen and oxygen atoms in total. The number of fused-ring (bicyclic) bond motifs is 5. The Morgan fingerprint density at radius 3 is 2.47 bits per heavy atom. The van der Waals surface area contributed by atoms with Crippen LogP contribution in [0.4, 0.5) is 0 Å². The first-order valence-corrected chi connectivity index (χ1v) is 13.6. The van der Waals surface area contributed by atoms with Gasteiger partial charge in [0, 0.05) is 0 Å². The van der Waals surface area contributed by atoms with Crippen molar-refractivity contribution in [2.75, 3.05) is 0 Å². The molecule has 0 aromatic rings. The number of allylic oxidation sites excluding steroid dienone is 1. The zero-order valence-corrected chi connectivity index (χ0v) is 20.9. The van der Waals surface area contributed by atoms with Crippen molar-refractivity contribution in [2.45, 2.75) is 118 Å². The van der Waals surface area contributed by atoms with Crippen molar-refractivity contribution in [3.05, 3.63) is 11.6 Å². The van der Waals surface area contributed by atoms with Gasteiger partial charge in [-0.3, -0.25) is 0 Å². The highest BCUT2D eigenvalue weighted by Gasteiger charge is 2.59. The van der Waals surface area contributed by atoms with Crippen LogP contribution in [0.2, 0.25) is 0 Å². The first kappa shape index (κ1) is 22.9. The van der Waals surface area contributed by atoms with Crippen LogP contribution in [-0.4, -0.2) is 11.2 Å². The van der Waals surface area contributed by atoms with Gasteiger partial charge in [0.15, 0.2) is 0 Å². The Hall–Kier alpha value is -0.300. The molecule has 0 bridgehead atoms. The summed E-state index contributed by atoms with van der Waals surface area (Å²) < 4.78 is 0. The Labute approximate surface area is 187 Å². The standard InChI is InChI=1S/C29H50O/c1-7-21(19(2)3)9-8-20(4)25-12-13-26-24-11-10-22-18-23(30)14-16-28(22,5)27(24)15-17-29(25,26)6/h10,19-21,23-27,30H,7-9,11-18H2,1-6H3/t20-,21-,23+,24+,25?,26+,27+,28+,29-/m1/s1. The van der Waals surface area contributed by atoms with E-state index in [2.05, 4.69) is 47.6 Å². The van der Waals surface area contributed by atoms with Crippen molar-refractivity contribution < 1.29 is 5.11 Å². The van der Waals surface area contributed by atoms with E-state index in [1.807, 2.05) is 0 Å². The molecule has 0 aromatic heterocycles. The van der Waals surface area contributed by atoms with Crippen molar-refractivity contribution in [1.82, 2.24) is 0 Å². The van der Waals surface area contributed by atoms with Gasteiger partial charge in [0.05, 0.1) is 6.10 Å². The number of aliphatic hydroxyl groups is 1. The molecule has 4 aliphatic carbocycles. The molecule has 0 heterocycles. The monoisotopic (exact) mass is 414 g/mol. The predicted octanol–water partition coefficient (Wildman–Crippen LogP) is 8.02. The van der Waals surface area contributed by atoms with Crippen LogP contribution >= 0.6 is 0 Å². The molecule has 9 atom stereocenters. The first-order chi connectivity index (χ1) is 14.2. The third-order valence-corrected chi connectivity index (χ3v) is 11.3. The van der Waals surface area contributed by atoms with E-state index < -0.39 is 0 Å². The SMILES string of the molecule is CC[C@H](CC[C@@H](C)C1CC[C@H]2[C@@H]3CC=C4C[C@@H](O)CC[C@]4(C)[C@H]3CC[C@]12C)C(C)C. The van der Waals surface area contributed by atoms with Gasteiger partial charge >= 0.3 is 0 Å². The van der Waals surface area contributed by atoms with Crippen LogP contribution in [0.3, 0.4) is 0 Å². The smallest absolute Gasteiger partial charge is 0.0577 e. The molecule has 0 aromatic carbocycles. The third-order valence-electron chi connectivity index (χ3n) is 11.3. The summed E-state index contributed by atoms with van der Waals surface area (Å²) in [6.45, 7) is 15.1. The molecule has 4 rings (SSSR count). The molecule has 1 unspecified atom stereocenters. The summed E-state index contributed by atoms with van der Waals surface area (Å²) in [5.41, 5.74) is 2.59. The van der Waals surface area contributed by atoms with Crippen LogP contribution in [0, 0.1) is 52.3 Å². The van der Waals surface area contributed by atoms with Crippen LogP contribution in [0.1, 0.15) is 112 Å². The fourth-order valence-electron chi connectivity index (χ4n) is 9.30. The molecule has 1 N–H and O–H groups in total. The van der Waals surface area contributed by atoms with Gasteiger partial charge in [0.1, 0.15) is 0 Å². The van der Waals surface area contributed by atoms with E-state index in [0.29, 0.717) is 10.8 Å². The maximum atomic E-state index is 10.2. The van der Waals surface area contributed by atoms with Gasteiger partial charge in [-0.2, -0.15) is 0 Å². The minimum atomic E-state index is -0.0794. The Bertz CT molecular complexity index is 634. The highest BCUT2D eigenvalue weighted by atomic mass is 16.3. The summed E-state index contributed by atoms with van der Waals surface area (Å²) in [6, 6.07) is 0. The molecule has 0 amide bonds. The average Bonchev–Trinajstić information content (AvgIpc) is 3.06. The second kappa shape index (κ2) is 8.57. The van der Waals surface area contributed by atoms with Gasteiger partial charge in [-0.1, -0.05) is 66.0 Å². The molecule has 4 aliphatic rings. The van der Waals surface area contributed by atoms with Crippen LogP contribution in [0.15, 0.2) is 11.6 Å². The number of aliphatic hydroxyl groups excluding tert-OH is 1. The van der Waals surface area contributed by atoms with Crippen LogP contribution in [0.5, 0.6) is 0 Å². The zero-order valence-electron chi connectivity index (χ0n) is 20.9. The predicted molar refractivity (Wildman–Crippen MR) is 128 cm³/mol. The van der Waals surface area contributed by atoms with E-state index >= 15 is 0 Å². The minimum absolute atomic E-state index is 0.0794. The molecule has 0 saturated heterocycles. The van der Waals surface area contributed by atoms with Crippen molar-refractivity contribution in [1.29, 1.82) is 0 Å². The summed E-state index contributed by atoms with van der Waals surface area (Å²) in [7, 11) is 0. The normalized spacial score (nSPS) is 45.3. The van der Waals surface area contributed by atoms with Gasteiger partial charge in [0.25, 0.3) is 0 Å². The first-order valence-electron chi connectivity index (χ1n) is 13.6. The van der Waals surface area contributed by atoms with Crippen molar-refractivity contribution in [3.63, 3.8) is 0 Å². The second-order valence-corrected chi connectivity index (χ2v) is 12.9. The lowest BCUT2D eigenvalue weighted by Crippen LogP contribution is -2.50. The van der Waals surface area contributed by atoms with E-state index in [4.69, 9.17) is 0 Å². The lowest BCUT2D eigenvalue weighted by atomic mass is 9.47. The molecule has 0 spiro atoms. The van der Waals surface area contributed by atoms with E-state index in [1.54, 1.807) is 5.57 Å². The maximum absolute atomic E-state index is 10.2. The highest BCUT2D eigenvalue weighted by molar-refractivity contribution is 5.25. The van der Waals surface area contributed by atoms with E-state index in [0.717, 1.165) is 54.3 Å². The molecule has 172 valence electrons. The fraction of sp³-hybridized carbons (Fsp3) is 0.931. The fourth-order valence-corrected chi connectivity index (χ4v) is 9.30. The average molecular weight is 415 g/mol. The number of rotatable bonds is 6. The van der Waals surface area contributed by atoms with Crippen molar-refractivity contribution >= 4 is 0 Å². The van der Waals surface area contributed by atoms with Gasteiger partial charge in [-0.15, -0.1) is 0 Å². The maximum Gasteiger partial charge on any atom is 0.0577 e. The summed E-state index contributed by atoms with van der Waals surface area (Å²) in [4.78, 5) is 0. The Morgan fingerprint density at radius 2 is 1.77 bits per heavy atom. The summed E-state index contributed by atoms with van der Waals surface area (Å²) in [6.07, 6.45) is 17.1. The van der Waals surface area contributed by atoms with Crippen LogP contribution in [0.25, 0.3) is 0 Å². The Kier molecular flexibility index (Phi) is 6.53. The Balaban J connectivity index is 1.47. The lowest BCUT2D eigenvalue weighted by Gasteiger charge is -2.58. The molecule has 3 saturated carbocycles. The van der Waals surface area contributed by atoms with Crippen LogP contribution < -0.4 is 0 Å². The van der Waals surface area contributed by atoms with Crippen LogP contribution in [-0.2, 0) is 0 Å². The molecule has 0 radical (unpaired) electrons. The number of hydrogen-bond acceptors (Lipinski definition) is 1. The summed E-state index contributed by atoms with van der Waals surface area (Å²) in [5.74, 6) is 6.31. The van der Waals surface area contributed by atoms with Crippen molar-refractivity contribution in [3.8, 4) is 0 Å². The van der Waals surface area contributed by atoms with Gasteiger partial charge in [-0.05, 0) is 110 Å². The van der Waals surface area contributed by atoms with E-state index in [9.17, 15) is 5.11 Å². The van der Waals surface area contributed by atoms with E-state index in [-0.39, 0.29) is 6.10 Å². The topological polar surface area (TPSA) is 20.2 Å². The summed E-state index contributed by atoms with van der Waals surface area (Å²) >= 11 is 0. The number of hydrogen-bond donors (Lipinski definition) is 1. The molecular weight excluding hydrogens is 364 g/mol. The van der Waals surface area contributed by atoms with Gasteiger partial charge in [0.2, 0.25) is 0 Å². The molecular formula is C29H50O. The second-order valence-electron chi connectivity index (χ2n) is 12.9. The molecule has 30 heavy (non-hydrogen) atoms. The molecule has 0 aliphatic heterocycles. The minimum Gasteiger partial charge on any atom is -0.393 e. The van der Waals surface area contributed by atoms with E-state index in [1.165, 1.54) is 57.8 Å². The highest BCUT2D eigenvalue weighted by Crippen LogP contribution is 2.67. The molecule has 1 heteroatoms. The summed E-state index contributed by atoms with van der Waals surface area (Å²) in [5, 5.41) is 10.2.